The van der Waals surface area contributed by atoms with Gasteiger partial charge in [-0.05, 0) is 56.4 Å². The number of ether oxygens (including phenoxy) is 2. The minimum Gasteiger partial charge on any atom is -0.496 e. The van der Waals surface area contributed by atoms with Crippen molar-refractivity contribution in [3.63, 3.8) is 0 Å². The summed E-state index contributed by atoms with van der Waals surface area (Å²) in [5.74, 6) is 0.666. The van der Waals surface area contributed by atoms with E-state index in [4.69, 9.17) is 9.47 Å². The summed E-state index contributed by atoms with van der Waals surface area (Å²) in [5, 5.41) is 0. The van der Waals surface area contributed by atoms with Crippen molar-refractivity contribution in [2.75, 3.05) is 26.8 Å². The van der Waals surface area contributed by atoms with Gasteiger partial charge in [0, 0.05) is 31.4 Å². The normalized spacial score (nSPS) is 17.9. The van der Waals surface area contributed by atoms with Crippen molar-refractivity contribution in [3.05, 3.63) is 62.6 Å². The lowest BCUT2D eigenvalue weighted by atomic mass is 9.78. The summed E-state index contributed by atoms with van der Waals surface area (Å²) in [6.45, 7) is 5.47. The van der Waals surface area contributed by atoms with Crippen molar-refractivity contribution in [3.8, 4) is 5.75 Å². The van der Waals surface area contributed by atoms with Crippen molar-refractivity contribution in [1.82, 2.24) is 9.47 Å². The summed E-state index contributed by atoms with van der Waals surface area (Å²) in [6.07, 6.45) is 2.25. The van der Waals surface area contributed by atoms with Gasteiger partial charge in [0.05, 0.1) is 13.7 Å². The van der Waals surface area contributed by atoms with Crippen LogP contribution in [0.3, 0.4) is 0 Å². The molecular formula is C23H28N2O4. The maximum Gasteiger partial charge on any atom is 0.263 e. The van der Waals surface area contributed by atoms with E-state index in [1.165, 1.54) is 10.1 Å². The number of aryl methyl sites for hydroxylation is 2. The summed E-state index contributed by atoms with van der Waals surface area (Å²) in [5.41, 5.74) is 3.59. The standard InChI is InChI=1S/C23H28N2O4/c1-15-14-16(2)24(3)21(26)19(15)22(27)25-11-9-23(10-12-25)20-17(8-13-29-23)6-5-7-18(20)28-4/h5-7,14H,8-13H2,1-4H3. The molecule has 0 saturated carbocycles. The first kappa shape index (κ1) is 19.7. The Morgan fingerprint density at radius 2 is 1.93 bits per heavy atom. The first-order chi connectivity index (χ1) is 13.9. The van der Waals surface area contributed by atoms with Crippen molar-refractivity contribution in [2.45, 2.75) is 38.7 Å². The molecular weight excluding hydrogens is 368 g/mol. The van der Waals surface area contributed by atoms with Crippen LogP contribution in [0.15, 0.2) is 29.1 Å². The van der Waals surface area contributed by atoms with E-state index in [0.717, 1.165) is 29.0 Å². The van der Waals surface area contributed by atoms with E-state index in [1.54, 1.807) is 19.1 Å². The largest absolute Gasteiger partial charge is 0.496 e. The molecule has 29 heavy (non-hydrogen) atoms. The van der Waals surface area contributed by atoms with Gasteiger partial charge in [-0.3, -0.25) is 9.59 Å². The van der Waals surface area contributed by atoms with Crippen LogP contribution in [-0.4, -0.2) is 42.2 Å². The van der Waals surface area contributed by atoms with Crippen molar-refractivity contribution < 1.29 is 14.3 Å². The van der Waals surface area contributed by atoms with E-state index in [9.17, 15) is 9.59 Å². The van der Waals surface area contributed by atoms with Gasteiger partial charge < -0.3 is 18.9 Å². The second-order valence-corrected chi connectivity index (χ2v) is 8.09. The van der Waals surface area contributed by atoms with Crippen molar-refractivity contribution >= 4 is 5.91 Å². The van der Waals surface area contributed by atoms with Crippen LogP contribution in [0.5, 0.6) is 5.75 Å². The SMILES string of the molecule is COc1cccc2c1C1(CCN(C(=O)c3c(C)cc(C)n(C)c3=O)CC1)OCC2. The van der Waals surface area contributed by atoms with Crippen molar-refractivity contribution in [1.29, 1.82) is 0 Å². The number of likely N-dealkylation sites (tertiary alicyclic amines) is 1. The van der Waals surface area contributed by atoms with E-state index in [-0.39, 0.29) is 17.0 Å². The first-order valence-corrected chi connectivity index (χ1v) is 10.1. The molecule has 0 bridgehead atoms. The molecule has 1 aromatic heterocycles. The molecule has 6 heteroatoms. The number of nitrogens with zero attached hydrogens (tertiary/aromatic N) is 2. The van der Waals surface area contributed by atoms with Gasteiger partial charge in [0.2, 0.25) is 0 Å². The Kier molecular flexibility index (Phi) is 4.99. The molecule has 2 aliphatic heterocycles. The van der Waals surface area contributed by atoms with Crippen LogP contribution in [0.4, 0.5) is 0 Å². The molecule has 1 aromatic carbocycles. The molecule has 2 aliphatic rings. The quantitative estimate of drug-likeness (QED) is 0.783. The van der Waals surface area contributed by atoms with Gasteiger partial charge in [-0.25, -0.2) is 0 Å². The summed E-state index contributed by atoms with van der Waals surface area (Å²) < 4.78 is 13.5. The van der Waals surface area contributed by atoms with Crippen LogP contribution >= 0.6 is 0 Å². The minimum absolute atomic E-state index is 0.186. The fraction of sp³-hybridized carbons (Fsp3) is 0.478. The highest BCUT2D eigenvalue weighted by Gasteiger charge is 2.44. The van der Waals surface area contributed by atoms with E-state index >= 15 is 0 Å². The Bertz CT molecular complexity index is 1000. The molecule has 4 rings (SSSR count). The second kappa shape index (κ2) is 7.34. The van der Waals surface area contributed by atoms with E-state index in [2.05, 4.69) is 6.07 Å². The van der Waals surface area contributed by atoms with E-state index in [1.807, 2.05) is 32.0 Å². The predicted octanol–water partition coefficient (Wildman–Crippen LogP) is 2.71. The number of aromatic nitrogens is 1. The highest BCUT2D eigenvalue weighted by molar-refractivity contribution is 5.95. The molecule has 0 radical (unpaired) electrons. The number of benzene rings is 1. The number of rotatable bonds is 2. The number of piperidine rings is 1. The van der Waals surface area contributed by atoms with Gasteiger partial charge in [0.15, 0.2) is 0 Å². The predicted molar refractivity (Wildman–Crippen MR) is 111 cm³/mol. The molecule has 0 unspecified atom stereocenters. The van der Waals surface area contributed by atoms with Crippen LogP contribution in [0, 0.1) is 13.8 Å². The van der Waals surface area contributed by atoms with Gasteiger partial charge in [0.1, 0.15) is 16.9 Å². The van der Waals surface area contributed by atoms with Crippen LogP contribution in [0.2, 0.25) is 0 Å². The molecule has 0 N–H and O–H groups in total. The summed E-state index contributed by atoms with van der Waals surface area (Å²) in [7, 11) is 3.39. The maximum atomic E-state index is 13.2. The lowest BCUT2D eigenvalue weighted by molar-refractivity contribution is -0.0946. The molecule has 0 aliphatic carbocycles. The summed E-state index contributed by atoms with van der Waals surface area (Å²) >= 11 is 0. The van der Waals surface area contributed by atoms with Gasteiger partial charge in [-0.15, -0.1) is 0 Å². The summed E-state index contributed by atoms with van der Waals surface area (Å²) in [6, 6.07) is 8.03. The number of amides is 1. The Morgan fingerprint density at radius 3 is 2.62 bits per heavy atom. The number of hydrogen-bond acceptors (Lipinski definition) is 4. The van der Waals surface area contributed by atoms with Crippen LogP contribution in [-0.2, 0) is 23.8 Å². The smallest absolute Gasteiger partial charge is 0.263 e. The zero-order valence-electron chi connectivity index (χ0n) is 17.6. The Balaban J connectivity index is 1.62. The molecule has 1 saturated heterocycles. The highest BCUT2D eigenvalue weighted by atomic mass is 16.5. The number of carbonyl (C=O) groups is 1. The molecule has 154 valence electrons. The van der Waals surface area contributed by atoms with Crippen molar-refractivity contribution in [2.24, 2.45) is 7.05 Å². The third kappa shape index (κ3) is 3.15. The Labute approximate surface area is 171 Å². The van der Waals surface area contributed by atoms with Gasteiger partial charge >= 0.3 is 0 Å². The topological polar surface area (TPSA) is 60.8 Å². The third-order valence-electron chi connectivity index (χ3n) is 6.48. The highest BCUT2D eigenvalue weighted by Crippen LogP contribution is 2.45. The lowest BCUT2D eigenvalue weighted by Gasteiger charge is -2.45. The fourth-order valence-corrected chi connectivity index (χ4v) is 4.76. The molecule has 2 aromatic rings. The van der Waals surface area contributed by atoms with Gasteiger partial charge in [0.25, 0.3) is 11.5 Å². The molecule has 1 spiro atoms. The molecule has 6 nitrogen and oxygen atoms in total. The monoisotopic (exact) mass is 396 g/mol. The molecule has 1 amide bonds. The fourth-order valence-electron chi connectivity index (χ4n) is 4.76. The zero-order chi connectivity index (χ0) is 20.8. The molecule has 0 atom stereocenters. The van der Waals surface area contributed by atoms with Crippen LogP contribution < -0.4 is 10.3 Å². The number of carbonyl (C=O) groups excluding carboxylic acids is 1. The Morgan fingerprint density at radius 1 is 1.21 bits per heavy atom. The summed E-state index contributed by atoms with van der Waals surface area (Å²) in [4.78, 5) is 27.7. The lowest BCUT2D eigenvalue weighted by Crippen LogP contribution is -2.49. The molecule has 1 fully saturated rings. The third-order valence-corrected chi connectivity index (χ3v) is 6.48. The number of fused-ring (bicyclic) bond motifs is 2. The molecule has 3 heterocycles. The maximum absolute atomic E-state index is 13.2. The zero-order valence-corrected chi connectivity index (χ0v) is 17.6. The van der Waals surface area contributed by atoms with Gasteiger partial charge in [-0.1, -0.05) is 12.1 Å². The van der Waals surface area contributed by atoms with E-state index < -0.39 is 5.60 Å². The Hall–Kier alpha value is -2.60. The average molecular weight is 396 g/mol. The van der Waals surface area contributed by atoms with Crippen LogP contribution in [0.25, 0.3) is 0 Å². The number of methoxy groups -OCH3 is 1. The number of hydrogen-bond donors (Lipinski definition) is 0. The first-order valence-electron chi connectivity index (χ1n) is 10.1. The average Bonchev–Trinajstić information content (AvgIpc) is 2.72. The van der Waals surface area contributed by atoms with Gasteiger partial charge in [-0.2, -0.15) is 0 Å². The van der Waals surface area contributed by atoms with Crippen LogP contribution in [0.1, 0.15) is 45.6 Å². The van der Waals surface area contributed by atoms with E-state index in [0.29, 0.717) is 32.5 Å². The number of pyridine rings is 1. The second-order valence-electron chi connectivity index (χ2n) is 8.09. The minimum atomic E-state index is -0.426.